The molecule has 0 aromatic carbocycles. The molecule has 3 heteroatoms. The molecule has 0 atom stereocenters. The van der Waals surface area contributed by atoms with Crippen LogP contribution < -0.4 is 5.73 Å². The summed E-state index contributed by atoms with van der Waals surface area (Å²) in [4.78, 5) is 2.40. The molecule has 1 aliphatic rings. The van der Waals surface area contributed by atoms with Crippen molar-refractivity contribution in [3.05, 3.63) is 0 Å². The lowest BCUT2D eigenvalue weighted by atomic mass is 10.3. The topological polar surface area (TPSA) is 53.1 Å². The van der Waals surface area contributed by atoms with Crippen LogP contribution >= 0.6 is 0 Å². The number of nitrogens with one attached hydrogen (secondary N) is 1. The van der Waals surface area contributed by atoms with Crippen LogP contribution in [0.1, 0.15) is 26.2 Å². The van der Waals surface area contributed by atoms with Crippen LogP contribution in [0.5, 0.6) is 0 Å². The molecule has 0 radical (unpaired) electrons. The lowest BCUT2D eigenvalue weighted by Gasteiger charge is -2.18. The second-order valence-electron chi connectivity index (χ2n) is 3.14. The molecule has 1 fully saturated rings. The van der Waals surface area contributed by atoms with E-state index in [1.165, 1.54) is 12.8 Å². The van der Waals surface area contributed by atoms with Crippen LogP contribution in [0.4, 0.5) is 0 Å². The van der Waals surface area contributed by atoms with Crippen LogP contribution in [-0.2, 0) is 0 Å². The minimum absolute atomic E-state index is 0.309. The van der Waals surface area contributed by atoms with E-state index in [1.54, 1.807) is 0 Å². The predicted octanol–water partition coefficient (Wildman–Crippen LogP) is 0.797. The summed E-state index contributed by atoms with van der Waals surface area (Å²) in [5, 5.41) is 7.08. The summed E-state index contributed by atoms with van der Waals surface area (Å²) in [6, 6.07) is 0.805. The Hall–Kier alpha value is -0.570. The molecule has 0 bridgehead atoms. The van der Waals surface area contributed by atoms with Gasteiger partial charge in [0.2, 0.25) is 0 Å². The van der Waals surface area contributed by atoms with Gasteiger partial charge in [0.1, 0.15) is 0 Å². The minimum atomic E-state index is 0.309. The molecule has 1 rings (SSSR count). The molecule has 1 aliphatic carbocycles. The van der Waals surface area contributed by atoms with Gasteiger partial charge in [0, 0.05) is 19.0 Å². The van der Waals surface area contributed by atoms with Gasteiger partial charge in [-0.25, -0.2) is 0 Å². The summed E-state index contributed by atoms with van der Waals surface area (Å²) in [5.74, 6) is 0.309. The first-order valence-corrected chi connectivity index (χ1v) is 4.31. The van der Waals surface area contributed by atoms with Crippen LogP contribution in [0.3, 0.4) is 0 Å². The predicted molar refractivity (Wildman–Crippen MR) is 46.8 cm³/mol. The Morgan fingerprint density at radius 2 is 2.27 bits per heavy atom. The highest BCUT2D eigenvalue weighted by molar-refractivity contribution is 5.76. The fourth-order valence-corrected chi connectivity index (χ4v) is 1.30. The third kappa shape index (κ3) is 2.89. The molecule has 0 aliphatic heterocycles. The van der Waals surface area contributed by atoms with Gasteiger partial charge in [0.25, 0.3) is 0 Å². The van der Waals surface area contributed by atoms with Crippen LogP contribution in [0, 0.1) is 5.41 Å². The second kappa shape index (κ2) is 3.72. The van der Waals surface area contributed by atoms with Crippen molar-refractivity contribution in [3.8, 4) is 0 Å². The second-order valence-corrected chi connectivity index (χ2v) is 3.14. The van der Waals surface area contributed by atoms with E-state index in [2.05, 4.69) is 11.8 Å². The van der Waals surface area contributed by atoms with Gasteiger partial charge >= 0.3 is 0 Å². The van der Waals surface area contributed by atoms with E-state index in [-0.39, 0.29) is 0 Å². The van der Waals surface area contributed by atoms with Gasteiger partial charge in [-0.1, -0.05) is 6.92 Å². The number of nitrogens with zero attached hydrogens (tertiary/aromatic N) is 1. The number of rotatable bonds is 5. The maximum Gasteiger partial charge on any atom is 0.0918 e. The molecule has 0 saturated heterocycles. The summed E-state index contributed by atoms with van der Waals surface area (Å²) < 4.78 is 0. The van der Waals surface area contributed by atoms with Gasteiger partial charge < -0.3 is 10.6 Å². The van der Waals surface area contributed by atoms with E-state index in [0.717, 1.165) is 25.6 Å². The van der Waals surface area contributed by atoms with E-state index >= 15 is 0 Å². The Morgan fingerprint density at radius 3 is 2.64 bits per heavy atom. The van der Waals surface area contributed by atoms with Gasteiger partial charge in [-0.2, -0.15) is 0 Å². The first-order chi connectivity index (χ1) is 5.24. The molecular formula is C8H17N3. The average Bonchev–Trinajstić information content (AvgIpc) is 2.72. The SMILES string of the molecule is CCN(CCC(=N)N)C1CC1. The van der Waals surface area contributed by atoms with Crippen LogP contribution in [-0.4, -0.2) is 29.9 Å². The van der Waals surface area contributed by atoms with Crippen molar-refractivity contribution in [3.63, 3.8) is 0 Å². The Bertz CT molecular complexity index is 140. The number of nitrogens with two attached hydrogens (primary N) is 1. The summed E-state index contributed by atoms with van der Waals surface area (Å²) in [6.45, 7) is 4.23. The summed E-state index contributed by atoms with van der Waals surface area (Å²) >= 11 is 0. The highest BCUT2D eigenvalue weighted by Gasteiger charge is 2.27. The number of amidine groups is 1. The van der Waals surface area contributed by atoms with E-state index in [0.29, 0.717) is 5.84 Å². The highest BCUT2D eigenvalue weighted by atomic mass is 15.2. The first kappa shape index (κ1) is 8.53. The molecule has 3 nitrogen and oxygen atoms in total. The van der Waals surface area contributed by atoms with Crippen LogP contribution in [0.25, 0.3) is 0 Å². The smallest absolute Gasteiger partial charge is 0.0918 e. The Balaban J connectivity index is 2.15. The number of hydrogen-bond donors (Lipinski definition) is 2. The standard InChI is InChI=1S/C8H17N3/c1-2-11(7-3-4-7)6-5-8(9)10/h7H,2-6H2,1H3,(H3,9,10). The third-order valence-electron chi connectivity index (χ3n) is 2.14. The van der Waals surface area contributed by atoms with Crippen molar-refractivity contribution in [2.24, 2.45) is 5.73 Å². The zero-order chi connectivity index (χ0) is 8.27. The molecule has 0 aromatic rings. The van der Waals surface area contributed by atoms with Crippen molar-refractivity contribution in [2.45, 2.75) is 32.2 Å². The maximum absolute atomic E-state index is 7.08. The normalized spacial score (nSPS) is 17.3. The van der Waals surface area contributed by atoms with Crippen LogP contribution in [0.15, 0.2) is 0 Å². The van der Waals surface area contributed by atoms with E-state index in [1.807, 2.05) is 0 Å². The molecular weight excluding hydrogens is 138 g/mol. The Kier molecular flexibility index (Phi) is 2.88. The van der Waals surface area contributed by atoms with Crippen molar-refractivity contribution < 1.29 is 0 Å². The third-order valence-corrected chi connectivity index (χ3v) is 2.14. The lowest BCUT2D eigenvalue weighted by Crippen LogP contribution is -2.29. The molecule has 0 unspecified atom stereocenters. The van der Waals surface area contributed by atoms with E-state index < -0.39 is 0 Å². The molecule has 11 heavy (non-hydrogen) atoms. The van der Waals surface area contributed by atoms with Crippen molar-refractivity contribution >= 4 is 5.84 Å². The fraction of sp³-hybridized carbons (Fsp3) is 0.875. The molecule has 0 spiro atoms. The summed E-state index contributed by atoms with van der Waals surface area (Å²) in [7, 11) is 0. The Morgan fingerprint density at radius 1 is 1.64 bits per heavy atom. The van der Waals surface area contributed by atoms with E-state index in [4.69, 9.17) is 11.1 Å². The molecule has 1 saturated carbocycles. The monoisotopic (exact) mass is 155 g/mol. The van der Waals surface area contributed by atoms with Crippen molar-refractivity contribution in [1.29, 1.82) is 5.41 Å². The largest absolute Gasteiger partial charge is 0.388 e. The zero-order valence-corrected chi connectivity index (χ0v) is 7.14. The molecule has 0 aromatic heterocycles. The van der Waals surface area contributed by atoms with E-state index in [9.17, 15) is 0 Å². The molecule has 3 N–H and O–H groups in total. The molecule has 64 valence electrons. The highest BCUT2D eigenvalue weighted by Crippen LogP contribution is 2.26. The first-order valence-electron chi connectivity index (χ1n) is 4.31. The van der Waals surface area contributed by atoms with Gasteiger partial charge in [-0.15, -0.1) is 0 Å². The maximum atomic E-state index is 7.08. The molecule has 0 heterocycles. The summed E-state index contributed by atoms with van der Waals surface area (Å²) in [6.07, 6.45) is 3.40. The van der Waals surface area contributed by atoms with Gasteiger partial charge in [0.15, 0.2) is 0 Å². The molecule has 0 amide bonds. The Labute approximate surface area is 68.1 Å². The van der Waals surface area contributed by atoms with Gasteiger partial charge in [-0.3, -0.25) is 5.41 Å². The zero-order valence-electron chi connectivity index (χ0n) is 7.14. The summed E-state index contributed by atoms with van der Waals surface area (Å²) in [5.41, 5.74) is 5.27. The van der Waals surface area contributed by atoms with Gasteiger partial charge in [-0.05, 0) is 19.4 Å². The number of hydrogen-bond acceptors (Lipinski definition) is 2. The van der Waals surface area contributed by atoms with Crippen molar-refractivity contribution in [2.75, 3.05) is 13.1 Å². The van der Waals surface area contributed by atoms with Gasteiger partial charge in [0.05, 0.1) is 5.84 Å². The minimum Gasteiger partial charge on any atom is -0.388 e. The fourth-order valence-electron chi connectivity index (χ4n) is 1.30. The van der Waals surface area contributed by atoms with Crippen molar-refractivity contribution in [1.82, 2.24) is 4.90 Å². The quantitative estimate of drug-likeness (QED) is 0.455. The van der Waals surface area contributed by atoms with Crippen LogP contribution in [0.2, 0.25) is 0 Å². The lowest BCUT2D eigenvalue weighted by molar-refractivity contribution is 0.286. The average molecular weight is 155 g/mol.